The van der Waals surface area contributed by atoms with Crippen LogP contribution in [-0.2, 0) is 37.3 Å². The number of carbonyl (C=O) groups is 4. The minimum Gasteiger partial charge on any atom is -0.448 e. The highest BCUT2D eigenvalue weighted by Crippen LogP contribution is 2.23. The second-order valence-electron chi connectivity index (χ2n) is 13.2. The van der Waals surface area contributed by atoms with Crippen LogP contribution in [-0.4, -0.2) is 70.0 Å². The van der Waals surface area contributed by atoms with Gasteiger partial charge in [-0.3, -0.25) is 14.5 Å². The average molecular weight is 756 g/mol. The van der Waals surface area contributed by atoms with Gasteiger partial charge in [0.05, 0.1) is 30.6 Å². The number of aromatic nitrogens is 3. The van der Waals surface area contributed by atoms with Crippen LogP contribution in [0.15, 0.2) is 71.9 Å². The molecular formula is C40H49N7O8. The second-order valence-corrected chi connectivity index (χ2v) is 13.2. The topological polar surface area (TPSA) is 190 Å². The van der Waals surface area contributed by atoms with E-state index >= 15 is 0 Å². The Bertz CT molecular complexity index is 1940. The fraction of sp³-hybridized carbons (Fsp3) is 0.425. The number of esters is 1. The maximum absolute atomic E-state index is 13.9. The number of benzene rings is 2. The van der Waals surface area contributed by atoms with Crippen LogP contribution >= 0.6 is 0 Å². The fourth-order valence-electron chi connectivity index (χ4n) is 6.13. The summed E-state index contributed by atoms with van der Waals surface area (Å²) >= 11 is 0. The molecule has 55 heavy (non-hydrogen) atoms. The van der Waals surface area contributed by atoms with Crippen molar-refractivity contribution in [3.05, 3.63) is 83.8 Å². The van der Waals surface area contributed by atoms with E-state index in [1.54, 1.807) is 48.7 Å². The number of fused-ring (bicyclic) bond motifs is 1. The molecule has 0 radical (unpaired) electrons. The van der Waals surface area contributed by atoms with Crippen LogP contribution in [0.5, 0.6) is 0 Å². The number of amidine groups is 1. The number of hydrogen-bond donors (Lipinski definition) is 2. The quantitative estimate of drug-likeness (QED) is 0.0280. The summed E-state index contributed by atoms with van der Waals surface area (Å²) < 4.78 is 22.7. The largest absolute Gasteiger partial charge is 0.511 e. The standard InChI is InChI=1S/C40H49N7O8/c1-4-5-6-11-24-52-39(50)45-37(41)28-15-18-30(19-16-28)43-26-35-44-32-25-29(17-20-33(32)46(35)3)38(49)47(34-14-9-10-22-42-34)23-21-36(48)53-27(2)54-40(51)55-31-12-7-8-13-31/h9-10,14-20,22,25,27,31,43H,4-8,11-13,21,23-24,26H2,1-3H3,(H2,41,45,50). The molecule has 4 aromatic rings. The Labute approximate surface area is 320 Å². The molecule has 0 spiro atoms. The van der Waals surface area contributed by atoms with Crippen molar-refractivity contribution in [2.45, 2.75) is 90.6 Å². The molecule has 2 amide bonds. The number of ether oxygens (including phenoxy) is 4. The molecule has 1 aliphatic carbocycles. The van der Waals surface area contributed by atoms with E-state index < -0.39 is 24.5 Å². The lowest BCUT2D eigenvalue weighted by atomic mass is 10.1. The first-order valence-electron chi connectivity index (χ1n) is 18.7. The van der Waals surface area contributed by atoms with Gasteiger partial charge in [-0.2, -0.15) is 4.99 Å². The highest BCUT2D eigenvalue weighted by molar-refractivity contribution is 6.07. The monoisotopic (exact) mass is 755 g/mol. The third-order valence-corrected chi connectivity index (χ3v) is 9.12. The van der Waals surface area contributed by atoms with Gasteiger partial charge < -0.3 is 34.6 Å². The highest BCUT2D eigenvalue weighted by Gasteiger charge is 2.25. The summed E-state index contributed by atoms with van der Waals surface area (Å²) in [5.41, 5.74) is 9.21. The molecule has 15 nitrogen and oxygen atoms in total. The van der Waals surface area contributed by atoms with Crippen molar-refractivity contribution in [3.8, 4) is 0 Å². The predicted molar refractivity (Wildman–Crippen MR) is 207 cm³/mol. The third-order valence-electron chi connectivity index (χ3n) is 9.12. The van der Waals surface area contributed by atoms with Crippen molar-refractivity contribution in [2.75, 3.05) is 23.4 Å². The zero-order valence-electron chi connectivity index (χ0n) is 31.6. The normalized spacial score (nSPS) is 13.6. The summed E-state index contributed by atoms with van der Waals surface area (Å²) in [5, 5.41) is 3.34. The lowest BCUT2D eigenvalue weighted by molar-refractivity contribution is -0.168. The van der Waals surface area contributed by atoms with Gasteiger partial charge in [0.2, 0.25) is 6.29 Å². The van der Waals surface area contributed by atoms with Crippen LogP contribution in [0.4, 0.5) is 21.1 Å². The van der Waals surface area contributed by atoms with Crippen molar-refractivity contribution in [1.29, 1.82) is 0 Å². The number of hydrogen-bond acceptors (Lipinski definition) is 11. The van der Waals surface area contributed by atoms with Crippen LogP contribution in [0, 0.1) is 0 Å². The molecular weight excluding hydrogens is 706 g/mol. The Hall–Kier alpha value is -5.99. The molecule has 2 aromatic carbocycles. The Balaban J connectivity index is 1.18. The van der Waals surface area contributed by atoms with E-state index in [2.05, 4.69) is 22.2 Å². The molecule has 0 bridgehead atoms. The van der Waals surface area contributed by atoms with Gasteiger partial charge in [0.1, 0.15) is 23.6 Å². The first kappa shape index (κ1) is 40.2. The van der Waals surface area contributed by atoms with E-state index in [9.17, 15) is 19.2 Å². The number of pyridine rings is 1. The predicted octanol–water partition coefficient (Wildman–Crippen LogP) is 7.02. The molecule has 2 heterocycles. The van der Waals surface area contributed by atoms with Gasteiger partial charge in [0.25, 0.3) is 5.91 Å². The zero-order chi connectivity index (χ0) is 39.2. The van der Waals surface area contributed by atoms with Crippen LogP contribution in [0.25, 0.3) is 11.0 Å². The molecule has 1 aliphatic rings. The summed E-state index contributed by atoms with van der Waals surface area (Å²) in [4.78, 5) is 65.1. The number of aliphatic imine (C=N–C) groups is 1. The molecule has 1 unspecified atom stereocenters. The van der Waals surface area contributed by atoms with E-state index in [0.717, 1.165) is 68.4 Å². The minimum absolute atomic E-state index is 0.0388. The molecule has 2 aromatic heterocycles. The summed E-state index contributed by atoms with van der Waals surface area (Å²) in [6.07, 6.45) is 6.02. The summed E-state index contributed by atoms with van der Waals surface area (Å²) in [7, 11) is 1.89. The number of nitrogens with one attached hydrogen (secondary N) is 1. The van der Waals surface area contributed by atoms with Gasteiger partial charge in [-0.15, -0.1) is 0 Å². The SMILES string of the molecule is CCCCCCOC(=O)/N=C(/N)c1ccc(NCc2nc3cc(C(=O)N(CCC(=O)OC(C)OC(=O)OC4CCCC4)c4ccccn4)ccc3n2C)cc1. The molecule has 5 rings (SSSR count). The summed E-state index contributed by atoms with van der Waals surface area (Å²) in [6.45, 7) is 4.21. The maximum atomic E-state index is 13.9. The number of carbonyl (C=O) groups excluding carboxylic acids is 4. The number of rotatable bonds is 17. The van der Waals surface area contributed by atoms with Gasteiger partial charge in [0, 0.05) is 43.5 Å². The number of nitrogens with two attached hydrogens (primary N) is 1. The minimum atomic E-state index is -1.16. The Morgan fingerprint density at radius 3 is 2.49 bits per heavy atom. The van der Waals surface area contributed by atoms with Crippen LogP contribution < -0.4 is 16.0 Å². The van der Waals surface area contributed by atoms with Gasteiger partial charge in [-0.1, -0.05) is 32.3 Å². The van der Waals surface area contributed by atoms with Crippen molar-refractivity contribution < 1.29 is 38.1 Å². The molecule has 15 heteroatoms. The van der Waals surface area contributed by atoms with Crippen LogP contribution in [0.2, 0.25) is 0 Å². The van der Waals surface area contributed by atoms with E-state index in [0.29, 0.717) is 35.6 Å². The molecule has 1 saturated carbocycles. The molecule has 1 atom stereocenters. The van der Waals surface area contributed by atoms with Gasteiger partial charge in [0.15, 0.2) is 0 Å². The first-order valence-corrected chi connectivity index (χ1v) is 18.7. The Kier molecular flexibility index (Phi) is 14.5. The average Bonchev–Trinajstić information content (AvgIpc) is 3.80. The maximum Gasteiger partial charge on any atom is 0.511 e. The number of amides is 2. The van der Waals surface area contributed by atoms with Gasteiger partial charge >= 0.3 is 18.2 Å². The third kappa shape index (κ3) is 11.7. The smallest absolute Gasteiger partial charge is 0.448 e. The summed E-state index contributed by atoms with van der Waals surface area (Å²) in [5.74, 6) is 0.106. The molecule has 0 aliphatic heterocycles. The molecule has 0 saturated heterocycles. The lowest BCUT2D eigenvalue weighted by Gasteiger charge is -2.22. The highest BCUT2D eigenvalue weighted by atomic mass is 16.8. The van der Waals surface area contributed by atoms with Crippen molar-refractivity contribution in [2.24, 2.45) is 17.8 Å². The van der Waals surface area contributed by atoms with E-state index in [4.69, 9.17) is 29.7 Å². The zero-order valence-corrected chi connectivity index (χ0v) is 31.6. The number of aryl methyl sites for hydroxylation is 1. The first-order chi connectivity index (χ1) is 26.6. The number of unbranched alkanes of at least 4 members (excludes halogenated alkanes) is 3. The number of imidazole rings is 1. The van der Waals surface area contributed by atoms with Crippen molar-refractivity contribution in [3.63, 3.8) is 0 Å². The summed E-state index contributed by atoms with van der Waals surface area (Å²) in [6, 6.07) is 17.6. The van der Waals surface area contributed by atoms with E-state index in [1.807, 2.05) is 29.8 Å². The number of nitrogens with zero attached hydrogens (tertiary/aromatic N) is 5. The molecule has 292 valence electrons. The van der Waals surface area contributed by atoms with Gasteiger partial charge in [-0.05, 0) is 86.7 Å². The second kappa shape index (κ2) is 19.9. The number of anilines is 2. The van der Waals surface area contributed by atoms with E-state index in [-0.39, 0.29) is 30.8 Å². The van der Waals surface area contributed by atoms with Gasteiger partial charge in [-0.25, -0.2) is 19.6 Å². The van der Waals surface area contributed by atoms with E-state index in [1.165, 1.54) is 11.8 Å². The fourth-order valence-corrected chi connectivity index (χ4v) is 6.13. The van der Waals surface area contributed by atoms with Crippen molar-refractivity contribution in [1.82, 2.24) is 14.5 Å². The lowest BCUT2D eigenvalue weighted by Crippen LogP contribution is -2.34. The Morgan fingerprint density at radius 2 is 1.76 bits per heavy atom. The van der Waals surface area contributed by atoms with Crippen LogP contribution in [0.1, 0.15) is 93.4 Å². The van der Waals surface area contributed by atoms with Crippen molar-refractivity contribution >= 4 is 52.5 Å². The Morgan fingerprint density at radius 1 is 1.00 bits per heavy atom. The van der Waals surface area contributed by atoms with Crippen LogP contribution in [0.3, 0.4) is 0 Å². The molecule has 3 N–H and O–H groups in total. The molecule has 1 fully saturated rings.